The summed E-state index contributed by atoms with van der Waals surface area (Å²) in [5, 5.41) is 0. The third-order valence-corrected chi connectivity index (χ3v) is 14.5. The van der Waals surface area contributed by atoms with Gasteiger partial charge in [-0.25, -0.2) is 17.6 Å². The minimum absolute atomic E-state index is 0.152. The number of rotatable bonds is 22. The van der Waals surface area contributed by atoms with Crippen molar-refractivity contribution in [3.8, 4) is 33.8 Å². The molecule has 3 nitrogen and oxygen atoms in total. The van der Waals surface area contributed by atoms with Crippen LogP contribution in [-0.2, 0) is 59.8 Å². The van der Waals surface area contributed by atoms with Gasteiger partial charge in [0.15, 0.2) is 12.2 Å². The fraction of sp³-hybridized carbons (Fsp3) is 0.273. The van der Waals surface area contributed by atoms with Gasteiger partial charge in [-0.05, 0) is 106 Å². The molecule has 0 heterocycles. The molecule has 2 atom stereocenters. The van der Waals surface area contributed by atoms with Crippen molar-refractivity contribution in [3.63, 3.8) is 0 Å². The summed E-state index contributed by atoms with van der Waals surface area (Å²) in [6.07, 6.45) is -16.1. The van der Waals surface area contributed by atoms with E-state index >= 15 is 35.1 Å². The van der Waals surface area contributed by atoms with Crippen molar-refractivity contribution in [3.05, 3.63) is 248 Å². The molecule has 2 unspecified atom stereocenters. The second kappa shape index (κ2) is 25.6. The Labute approximate surface area is 471 Å². The van der Waals surface area contributed by atoms with Crippen molar-refractivity contribution in [1.29, 1.82) is 0 Å². The van der Waals surface area contributed by atoms with Gasteiger partial charge in [0.1, 0.15) is 45.9 Å². The Balaban J connectivity index is 1.23. The number of alkyl halides is 10. The molecule has 0 aliphatic heterocycles. The lowest BCUT2D eigenvalue weighted by Crippen LogP contribution is -2.33. The van der Waals surface area contributed by atoms with Crippen LogP contribution in [0.15, 0.2) is 158 Å². The standard InChI is InChI=1S/C66H56F14O3/c1-5-11-39-21-29-49(53(67)35-39)43-23-17-41(18-24-43)33-45-13-7-9-15-51(45)63(71,72)59-55(31-27-47(61(59)69)37-57(81-3)65(75,76)77)83-56-32-28-48(38-58(82-4)66(78,79)80)62(70)60(56)64(73,74)52-16-10-8-14-46(52)34-42-19-25-44(26-20-42)50-30-22-40(12-6-2)36-54(50)68/h7-10,13-32,35-36,57-58H,5-6,11-12,33-34,37-38H2,1-4H3. The summed E-state index contributed by atoms with van der Waals surface area (Å²) in [6.45, 7) is 3.91. The number of ether oxygens (including phenoxy) is 3. The van der Waals surface area contributed by atoms with Crippen molar-refractivity contribution in [1.82, 2.24) is 0 Å². The van der Waals surface area contributed by atoms with Crippen molar-refractivity contribution < 1.29 is 75.7 Å². The number of benzene rings is 8. The summed E-state index contributed by atoms with van der Waals surface area (Å²) in [5.74, 6) is -16.7. The number of hydrogen-bond donors (Lipinski definition) is 0. The van der Waals surface area contributed by atoms with E-state index < -0.39 is 117 Å². The highest BCUT2D eigenvalue weighted by Gasteiger charge is 2.48. The van der Waals surface area contributed by atoms with Gasteiger partial charge in [-0.15, -0.1) is 0 Å². The van der Waals surface area contributed by atoms with Gasteiger partial charge in [-0.1, -0.05) is 160 Å². The maximum absolute atomic E-state index is 17.8. The van der Waals surface area contributed by atoms with Crippen LogP contribution in [0.4, 0.5) is 61.5 Å². The molecule has 0 amide bonds. The van der Waals surface area contributed by atoms with E-state index in [0.717, 1.165) is 36.1 Å². The molecule has 0 N–H and O–H groups in total. The van der Waals surface area contributed by atoms with E-state index in [0.29, 0.717) is 73.6 Å². The molecule has 436 valence electrons. The third kappa shape index (κ3) is 13.8. The number of halogens is 14. The highest BCUT2D eigenvalue weighted by molar-refractivity contribution is 5.66. The Morgan fingerprint density at radius 1 is 0.398 bits per heavy atom. The van der Waals surface area contributed by atoms with Crippen LogP contribution in [0.2, 0.25) is 0 Å². The van der Waals surface area contributed by atoms with E-state index in [-0.39, 0.29) is 35.1 Å². The Bertz CT molecular complexity index is 3300. The Hall–Kier alpha value is -7.50. The van der Waals surface area contributed by atoms with E-state index in [1.807, 2.05) is 13.8 Å². The SMILES string of the molecule is CCCc1ccc(-c2ccc(Cc3ccccc3C(F)(F)c3c(Oc4ccc(CC(OC)C(F)(F)F)c(F)c4C(F)(F)c4ccccc4Cc4ccc(-c5ccc(CCC)cc5F)cc4)ccc(CC(OC)C(F)(F)F)c3F)cc2)c(F)c1. The summed E-state index contributed by atoms with van der Waals surface area (Å²) < 4.78 is 236. The number of aryl methyl sites for hydroxylation is 2. The van der Waals surface area contributed by atoms with Crippen molar-refractivity contribution in [2.45, 2.75) is 102 Å². The predicted molar refractivity (Wildman–Crippen MR) is 290 cm³/mol. The van der Waals surface area contributed by atoms with Crippen LogP contribution in [0.1, 0.15) is 93.5 Å². The van der Waals surface area contributed by atoms with Gasteiger partial charge < -0.3 is 14.2 Å². The van der Waals surface area contributed by atoms with Crippen LogP contribution < -0.4 is 4.74 Å². The van der Waals surface area contributed by atoms with Crippen LogP contribution in [-0.4, -0.2) is 38.8 Å². The molecule has 0 radical (unpaired) electrons. The molecule has 8 rings (SSSR count). The first-order chi connectivity index (χ1) is 39.4. The average molecular weight is 1160 g/mol. The average Bonchev–Trinajstić information content (AvgIpc) is 2.56. The van der Waals surface area contributed by atoms with Gasteiger partial charge in [-0.3, -0.25) is 0 Å². The topological polar surface area (TPSA) is 27.7 Å². The van der Waals surface area contributed by atoms with Gasteiger partial charge >= 0.3 is 24.2 Å². The van der Waals surface area contributed by atoms with Gasteiger partial charge in [0.2, 0.25) is 0 Å². The van der Waals surface area contributed by atoms with Crippen molar-refractivity contribution in [2.75, 3.05) is 14.2 Å². The molecule has 0 fully saturated rings. The third-order valence-electron chi connectivity index (χ3n) is 14.5. The van der Waals surface area contributed by atoms with E-state index in [4.69, 9.17) is 4.74 Å². The molecular weight excluding hydrogens is 1110 g/mol. The zero-order valence-electron chi connectivity index (χ0n) is 45.3. The van der Waals surface area contributed by atoms with Crippen LogP contribution in [0.3, 0.4) is 0 Å². The monoisotopic (exact) mass is 1160 g/mol. The van der Waals surface area contributed by atoms with Gasteiger partial charge in [0.05, 0.1) is 0 Å². The van der Waals surface area contributed by atoms with Crippen LogP contribution >= 0.6 is 0 Å². The highest BCUT2D eigenvalue weighted by atomic mass is 19.4. The number of methoxy groups -OCH3 is 2. The quantitative estimate of drug-likeness (QED) is 0.0633. The lowest BCUT2D eigenvalue weighted by molar-refractivity contribution is -0.212. The Morgan fingerprint density at radius 3 is 1.07 bits per heavy atom. The second-order valence-electron chi connectivity index (χ2n) is 20.2. The Morgan fingerprint density at radius 2 is 0.747 bits per heavy atom. The molecule has 0 spiro atoms. The lowest BCUT2D eigenvalue weighted by Gasteiger charge is -2.28. The summed E-state index contributed by atoms with van der Waals surface area (Å²) in [7, 11) is 1.33. The molecule has 0 saturated heterocycles. The maximum Gasteiger partial charge on any atom is 0.414 e. The zero-order chi connectivity index (χ0) is 60.0. The molecule has 0 bridgehead atoms. The van der Waals surface area contributed by atoms with Crippen molar-refractivity contribution in [2.24, 2.45) is 0 Å². The summed E-state index contributed by atoms with van der Waals surface area (Å²) in [4.78, 5) is 0. The molecule has 0 aliphatic carbocycles. The minimum atomic E-state index is -5.14. The van der Waals surface area contributed by atoms with Crippen LogP contribution in [0.25, 0.3) is 22.3 Å². The molecule has 0 saturated carbocycles. The molecule has 8 aromatic rings. The molecule has 83 heavy (non-hydrogen) atoms. The molecule has 0 aliphatic rings. The lowest BCUT2D eigenvalue weighted by atomic mass is 9.89. The number of hydrogen-bond acceptors (Lipinski definition) is 3. The smallest absolute Gasteiger partial charge is 0.414 e. The zero-order valence-corrected chi connectivity index (χ0v) is 45.3. The van der Waals surface area contributed by atoms with Crippen molar-refractivity contribution >= 4 is 0 Å². The van der Waals surface area contributed by atoms with E-state index in [1.54, 1.807) is 72.8 Å². The predicted octanol–water partition coefficient (Wildman–Crippen LogP) is 19.0. The molecule has 0 aromatic heterocycles. The largest absolute Gasteiger partial charge is 0.456 e. The van der Waals surface area contributed by atoms with E-state index in [1.165, 1.54) is 48.5 Å². The van der Waals surface area contributed by atoms with Crippen LogP contribution in [0.5, 0.6) is 11.5 Å². The second-order valence-corrected chi connectivity index (χ2v) is 20.2. The summed E-state index contributed by atoms with van der Waals surface area (Å²) in [5.41, 5.74) is -3.71. The highest BCUT2D eigenvalue weighted by Crippen LogP contribution is 2.50. The molecular formula is C66H56F14O3. The first kappa shape index (κ1) is 61.6. The van der Waals surface area contributed by atoms with E-state index in [9.17, 15) is 26.3 Å². The summed E-state index contributed by atoms with van der Waals surface area (Å²) >= 11 is 0. The first-order valence-electron chi connectivity index (χ1n) is 26.6. The summed E-state index contributed by atoms with van der Waals surface area (Å²) in [6, 6.07) is 34.1. The van der Waals surface area contributed by atoms with E-state index in [2.05, 4.69) is 9.47 Å². The fourth-order valence-corrected chi connectivity index (χ4v) is 10.2. The first-order valence-corrected chi connectivity index (χ1v) is 26.6. The normalized spacial score (nSPS) is 13.1. The minimum Gasteiger partial charge on any atom is -0.456 e. The Kier molecular flexibility index (Phi) is 19.0. The fourth-order valence-electron chi connectivity index (χ4n) is 10.2. The van der Waals surface area contributed by atoms with Crippen LogP contribution in [0, 0.1) is 23.3 Å². The van der Waals surface area contributed by atoms with Gasteiger partial charge in [-0.2, -0.15) is 43.9 Å². The molecule has 8 aromatic carbocycles. The van der Waals surface area contributed by atoms with Gasteiger partial charge in [0, 0.05) is 49.3 Å². The maximum atomic E-state index is 17.8. The van der Waals surface area contributed by atoms with Gasteiger partial charge in [0.25, 0.3) is 0 Å². The molecule has 17 heteroatoms.